The lowest BCUT2D eigenvalue weighted by atomic mass is 9.94. The van der Waals surface area contributed by atoms with Gasteiger partial charge in [-0.3, -0.25) is 14.5 Å². The molecule has 1 saturated heterocycles. The Balaban J connectivity index is 1.77. The Labute approximate surface area is 228 Å². The molecule has 11 heteroatoms. The van der Waals surface area contributed by atoms with E-state index < -0.39 is 23.5 Å². The maximum Gasteiger partial charge on any atom is 0.300 e. The molecule has 0 aliphatic carbocycles. The van der Waals surface area contributed by atoms with E-state index in [-0.39, 0.29) is 34.5 Å². The topological polar surface area (TPSA) is 113 Å². The molecule has 2 heterocycles. The van der Waals surface area contributed by atoms with Crippen LogP contribution >= 0.6 is 11.6 Å². The predicted molar refractivity (Wildman–Crippen MR) is 141 cm³/mol. The van der Waals surface area contributed by atoms with Crippen molar-refractivity contribution in [2.75, 3.05) is 40.1 Å². The van der Waals surface area contributed by atoms with Crippen LogP contribution < -0.4 is 33.3 Å². The minimum Gasteiger partial charge on any atom is -0.507 e. The normalized spacial score (nSPS) is 17.4. The number of methoxy groups -OCH3 is 4. The van der Waals surface area contributed by atoms with Crippen LogP contribution in [-0.4, -0.2) is 52.0 Å². The van der Waals surface area contributed by atoms with Gasteiger partial charge in [0.2, 0.25) is 6.79 Å². The number of carbonyl (C=O) groups is 2. The molecule has 39 heavy (non-hydrogen) atoms. The van der Waals surface area contributed by atoms with Crippen LogP contribution in [0.1, 0.15) is 17.2 Å². The maximum absolute atomic E-state index is 13.6. The van der Waals surface area contributed by atoms with Gasteiger partial charge < -0.3 is 33.5 Å². The van der Waals surface area contributed by atoms with Crippen molar-refractivity contribution in [3.05, 3.63) is 70.3 Å². The third-order valence-corrected chi connectivity index (χ3v) is 6.83. The third kappa shape index (κ3) is 4.32. The summed E-state index contributed by atoms with van der Waals surface area (Å²) in [5.41, 5.74) is 0.785. The van der Waals surface area contributed by atoms with Gasteiger partial charge in [0, 0.05) is 17.8 Å². The molecule has 1 fully saturated rings. The Morgan fingerprint density at radius 3 is 2.23 bits per heavy atom. The van der Waals surface area contributed by atoms with Crippen molar-refractivity contribution in [3.8, 4) is 34.5 Å². The molecule has 0 radical (unpaired) electrons. The van der Waals surface area contributed by atoms with Crippen LogP contribution in [0.25, 0.3) is 5.76 Å². The number of anilines is 1. The van der Waals surface area contributed by atoms with Crippen LogP contribution in [0.5, 0.6) is 34.5 Å². The van der Waals surface area contributed by atoms with Crippen molar-refractivity contribution >= 4 is 34.7 Å². The van der Waals surface area contributed by atoms with E-state index in [1.165, 1.54) is 45.5 Å². The number of carbonyl (C=O) groups excluding carboxylic acids is 2. The minimum absolute atomic E-state index is 0.0366. The van der Waals surface area contributed by atoms with E-state index in [2.05, 4.69) is 0 Å². The summed E-state index contributed by atoms with van der Waals surface area (Å²) in [5.74, 6) is -0.0486. The van der Waals surface area contributed by atoms with Gasteiger partial charge in [0.15, 0.2) is 23.0 Å². The van der Waals surface area contributed by atoms with Gasteiger partial charge in [0.1, 0.15) is 17.3 Å². The number of Topliss-reactive ketones (excluding diaryl/α,β-unsaturated/α-hetero) is 1. The van der Waals surface area contributed by atoms with Crippen molar-refractivity contribution < 1.29 is 43.1 Å². The van der Waals surface area contributed by atoms with Gasteiger partial charge in [-0.15, -0.1) is 0 Å². The molecule has 10 nitrogen and oxygen atoms in total. The minimum atomic E-state index is -1.06. The highest BCUT2D eigenvalue weighted by molar-refractivity contribution is 6.51. The Morgan fingerprint density at radius 2 is 1.54 bits per heavy atom. The monoisotopic (exact) mass is 553 g/mol. The van der Waals surface area contributed by atoms with E-state index in [4.69, 9.17) is 40.0 Å². The average Bonchev–Trinajstić information content (AvgIpc) is 3.53. The quantitative estimate of drug-likeness (QED) is 0.252. The van der Waals surface area contributed by atoms with Crippen LogP contribution in [0, 0.1) is 0 Å². The standard InChI is InChI=1S/C28H24ClNO9/c1-34-18-7-5-14(9-22(18)37-4)25-24(26(31)16-11-21(36-3)17(29)12-20(16)35-2)27(32)28(33)30(25)15-6-8-19-23(10-15)39-13-38-19/h5-12,25,31H,13H2,1-4H3/b26-24+. The number of nitrogens with zero attached hydrogens (tertiary/aromatic N) is 1. The highest BCUT2D eigenvalue weighted by atomic mass is 35.5. The van der Waals surface area contributed by atoms with E-state index >= 15 is 0 Å². The van der Waals surface area contributed by atoms with E-state index in [0.29, 0.717) is 34.2 Å². The summed E-state index contributed by atoms with van der Waals surface area (Å²) >= 11 is 6.25. The number of benzene rings is 3. The lowest BCUT2D eigenvalue weighted by molar-refractivity contribution is -0.132. The summed E-state index contributed by atoms with van der Waals surface area (Å²) in [5, 5.41) is 11.8. The van der Waals surface area contributed by atoms with Crippen LogP contribution in [0.2, 0.25) is 5.02 Å². The molecule has 0 bridgehead atoms. The number of hydrogen-bond donors (Lipinski definition) is 1. The number of rotatable bonds is 7. The van der Waals surface area contributed by atoms with Crippen LogP contribution in [0.3, 0.4) is 0 Å². The van der Waals surface area contributed by atoms with E-state index in [1.807, 2.05) is 0 Å². The predicted octanol–water partition coefficient (Wildman–Crippen LogP) is 4.73. The summed E-state index contributed by atoms with van der Waals surface area (Å²) in [7, 11) is 5.78. The Bertz CT molecular complexity index is 1520. The van der Waals surface area contributed by atoms with Gasteiger partial charge in [0.05, 0.1) is 50.6 Å². The highest BCUT2D eigenvalue weighted by Gasteiger charge is 2.48. The van der Waals surface area contributed by atoms with Crippen LogP contribution in [0.4, 0.5) is 5.69 Å². The van der Waals surface area contributed by atoms with Crippen molar-refractivity contribution in [2.45, 2.75) is 6.04 Å². The number of fused-ring (bicyclic) bond motifs is 1. The lowest BCUT2D eigenvalue weighted by Gasteiger charge is -2.26. The van der Waals surface area contributed by atoms with Crippen molar-refractivity contribution in [3.63, 3.8) is 0 Å². The molecule has 0 aromatic heterocycles. The molecule has 0 spiro atoms. The molecule has 1 amide bonds. The summed E-state index contributed by atoms with van der Waals surface area (Å²) in [6.45, 7) is 0.0366. The summed E-state index contributed by atoms with van der Waals surface area (Å²) in [6, 6.07) is 11.7. The zero-order valence-corrected chi connectivity index (χ0v) is 22.2. The Kier molecular flexibility index (Phi) is 6.88. The zero-order valence-electron chi connectivity index (χ0n) is 21.4. The van der Waals surface area contributed by atoms with E-state index in [9.17, 15) is 14.7 Å². The smallest absolute Gasteiger partial charge is 0.300 e. The first-order valence-corrected chi connectivity index (χ1v) is 12.0. The molecule has 1 unspecified atom stereocenters. The van der Waals surface area contributed by atoms with Crippen LogP contribution in [-0.2, 0) is 9.59 Å². The summed E-state index contributed by atoms with van der Waals surface area (Å²) in [6.07, 6.45) is 0. The average molecular weight is 554 g/mol. The molecular formula is C28H24ClNO9. The first kappa shape index (κ1) is 26.1. The number of hydrogen-bond acceptors (Lipinski definition) is 9. The fourth-order valence-electron chi connectivity index (χ4n) is 4.66. The molecule has 1 N–H and O–H groups in total. The van der Waals surface area contributed by atoms with E-state index in [0.717, 1.165) is 0 Å². The number of amides is 1. The largest absolute Gasteiger partial charge is 0.507 e. The maximum atomic E-state index is 13.6. The Morgan fingerprint density at radius 1 is 0.846 bits per heavy atom. The van der Waals surface area contributed by atoms with Gasteiger partial charge in [-0.05, 0) is 35.9 Å². The molecule has 2 aliphatic heterocycles. The fourth-order valence-corrected chi connectivity index (χ4v) is 4.89. The van der Waals surface area contributed by atoms with Gasteiger partial charge in [-0.25, -0.2) is 0 Å². The highest BCUT2D eigenvalue weighted by Crippen LogP contribution is 2.47. The summed E-state index contributed by atoms with van der Waals surface area (Å²) < 4.78 is 32.5. The summed E-state index contributed by atoms with van der Waals surface area (Å²) in [4.78, 5) is 28.5. The second-order valence-electron chi connectivity index (χ2n) is 8.51. The molecule has 2 aliphatic rings. The molecule has 202 valence electrons. The van der Waals surface area contributed by atoms with Gasteiger partial charge in [0.25, 0.3) is 11.7 Å². The van der Waals surface area contributed by atoms with Gasteiger partial charge in [-0.1, -0.05) is 17.7 Å². The van der Waals surface area contributed by atoms with Gasteiger partial charge >= 0.3 is 0 Å². The van der Waals surface area contributed by atoms with Crippen LogP contribution in [0.15, 0.2) is 54.1 Å². The molecular weight excluding hydrogens is 530 g/mol. The number of ketones is 1. The SMILES string of the molecule is COc1cc(/C(O)=C2\C(=O)C(=O)N(c3ccc4c(c3)OCO4)C2c2ccc(OC)c(OC)c2)c(OC)cc1Cl. The van der Waals surface area contributed by atoms with Gasteiger partial charge in [-0.2, -0.15) is 0 Å². The zero-order chi connectivity index (χ0) is 27.8. The second-order valence-corrected chi connectivity index (χ2v) is 8.92. The van der Waals surface area contributed by atoms with Crippen molar-refractivity contribution in [1.82, 2.24) is 0 Å². The van der Waals surface area contributed by atoms with E-state index in [1.54, 1.807) is 36.4 Å². The number of ether oxygens (including phenoxy) is 6. The lowest BCUT2D eigenvalue weighted by Crippen LogP contribution is -2.29. The van der Waals surface area contributed by atoms with Crippen molar-refractivity contribution in [2.24, 2.45) is 0 Å². The molecule has 3 aromatic carbocycles. The number of aliphatic hydroxyl groups is 1. The third-order valence-electron chi connectivity index (χ3n) is 6.53. The molecule has 5 rings (SSSR count). The molecule has 0 saturated carbocycles. The molecule has 3 aromatic rings. The Hall–Kier alpha value is -4.57. The molecule has 1 atom stereocenters. The fraction of sp³-hybridized carbons (Fsp3) is 0.214. The second kappa shape index (κ2) is 10.3. The first-order chi connectivity index (χ1) is 18.8. The number of halogens is 1. The number of aliphatic hydroxyl groups excluding tert-OH is 1. The first-order valence-electron chi connectivity index (χ1n) is 11.7. The van der Waals surface area contributed by atoms with Crippen molar-refractivity contribution in [1.29, 1.82) is 0 Å².